The minimum Gasteiger partial charge on any atom is -0.394 e. The Bertz CT molecular complexity index is 587. The molecule has 0 atom stereocenters. The van der Waals surface area contributed by atoms with Gasteiger partial charge >= 0.3 is 0 Å². The summed E-state index contributed by atoms with van der Waals surface area (Å²) in [5.41, 5.74) is 7.80. The third-order valence-electron chi connectivity index (χ3n) is 2.57. The molecule has 1 aromatic carbocycles. The van der Waals surface area contributed by atoms with Crippen molar-refractivity contribution in [1.82, 2.24) is 9.78 Å². The number of benzene rings is 1. The predicted octanol–water partition coefficient (Wildman–Crippen LogP) is 2.33. The van der Waals surface area contributed by atoms with Crippen LogP contribution in [-0.4, -0.2) is 15.7 Å². The van der Waals surface area contributed by atoms with Gasteiger partial charge in [-0.1, -0.05) is 6.07 Å². The molecule has 0 saturated heterocycles. The minimum atomic E-state index is -0.225. The van der Waals surface area contributed by atoms with Crippen molar-refractivity contribution in [2.75, 3.05) is 11.1 Å². The van der Waals surface area contributed by atoms with Crippen molar-refractivity contribution < 1.29 is 4.79 Å². The summed E-state index contributed by atoms with van der Waals surface area (Å²) in [5.74, 6) is 0.268. The van der Waals surface area contributed by atoms with E-state index in [9.17, 15) is 4.79 Å². The zero-order valence-electron chi connectivity index (χ0n) is 10.1. The van der Waals surface area contributed by atoms with Crippen LogP contribution in [-0.2, 0) is 7.05 Å². The second kappa shape index (κ2) is 4.81. The smallest absolute Gasteiger partial charge is 0.258 e. The van der Waals surface area contributed by atoms with Gasteiger partial charge in [0.25, 0.3) is 5.91 Å². The maximum Gasteiger partial charge on any atom is 0.258 e. The lowest BCUT2D eigenvalue weighted by atomic mass is 10.1. The van der Waals surface area contributed by atoms with Gasteiger partial charge in [-0.25, -0.2) is 0 Å². The van der Waals surface area contributed by atoms with Crippen LogP contribution in [0.15, 0.2) is 28.9 Å². The molecule has 0 aliphatic rings. The normalized spacial score (nSPS) is 10.4. The molecule has 0 radical (unpaired) electrons. The maximum absolute atomic E-state index is 12.1. The number of hydrogen-bond donors (Lipinski definition) is 2. The van der Waals surface area contributed by atoms with Crippen LogP contribution in [0.25, 0.3) is 0 Å². The zero-order valence-corrected chi connectivity index (χ0v) is 11.7. The molecule has 1 heterocycles. The lowest BCUT2D eigenvalue weighted by Gasteiger charge is -2.08. The molecule has 0 aliphatic heterocycles. The maximum atomic E-state index is 12.1. The third-order valence-corrected chi connectivity index (χ3v) is 3.22. The van der Waals surface area contributed by atoms with E-state index in [2.05, 4.69) is 26.3 Å². The van der Waals surface area contributed by atoms with Gasteiger partial charge < -0.3 is 11.1 Å². The molecule has 0 bridgehead atoms. The largest absolute Gasteiger partial charge is 0.394 e. The fourth-order valence-corrected chi connectivity index (χ4v) is 2.26. The van der Waals surface area contributed by atoms with Crippen LogP contribution in [0, 0.1) is 6.92 Å². The molecule has 0 spiro atoms. The van der Waals surface area contributed by atoms with Crippen LogP contribution in [0.5, 0.6) is 0 Å². The van der Waals surface area contributed by atoms with E-state index in [1.165, 1.54) is 10.9 Å². The second-order valence-corrected chi connectivity index (χ2v) is 4.86. The number of carbonyl (C=O) groups excluding carboxylic acids is 1. The summed E-state index contributed by atoms with van der Waals surface area (Å²) < 4.78 is 2.27. The molecule has 1 aromatic heterocycles. The van der Waals surface area contributed by atoms with Gasteiger partial charge in [0.2, 0.25) is 0 Å². The molecular weight excluding hydrogens is 296 g/mol. The van der Waals surface area contributed by atoms with Gasteiger partial charge in [-0.05, 0) is 40.5 Å². The standard InChI is InChI=1S/C12H13BrN4O/c1-7-3-4-8(9(13)5-7)12(18)16-11-10(14)6-15-17(11)2/h3-6H,14H2,1-2H3,(H,16,18). The molecule has 2 aromatic rings. The van der Waals surface area contributed by atoms with E-state index in [0.717, 1.165) is 10.0 Å². The van der Waals surface area contributed by atoms with Gasteiger partial charge in [0.15, 0.2) is 5.82 Å². The molecule has 0 aliphatic carbocycles. The molecule has 94 valence electrons. The Balaban J connectivity index is 2.28. The predicted molar refractivity (Wildman–Crippen MR) is 74.5 cm³/mol. The second-order valence-electron chi connectivity index (χ2n) is 4.01. The van der Waals surface area contributed by atoms with Crippen LogP contribution >= 0.6 is 15.9 Å². The number of carbonyl (C=O) groups is 1. The average molecular weight is 309 g/mol. The fraction of sp³-hybridized carbons (Fsp3) is 0.167. The summed E-state index contributed by atoms with van der Waals surface area (Å²) in [6, 6.07) is 5.54. The van der Waals surface area contributed by atoms with Crippen molar-refractivity contribution in [1.29, 1.82) is 0 Å². The summed E-state index contributed by atoms with van der Waals surface area (Å²) in [6.45, 7) is 1.96. The molecule has 0 unspecified atom stereocenters. The number of amides is 1. The highest BCUT2D eigenvalue weighted by Gasteiger charge is 2.13. The number of anilines is 2. The number of nitrogens with one attached hydrogen (secondary N) is 1. The number of nitrogens with two attached hydrogens (primary N) is 1. The number of aryl methyl sites for hydroxylation is 2. The van der Waals surface area contributed by atoms with Crippen molar-refractivity contribution in [3.63, 3.8) is 0 Å². The zero-order chi connectivity index (χ0) is 13.3. The Morgan fingerprint density at radius 2 is 2.22 bits per heavy atom. The van der Waals surface area contributed by atoms with Crippen LogP contribution in [0.3, 0.4) is 0 Å². The fourth-order valence-electron chi connectivity index (χ4n) is 1.59. The Kier molecular flexibility index (Phi) is 3.38. The van der Waals surface area contributed by atoms with Crippen molar-refractivity contribution in [3.8, 4) is 0 Å². The van der Waals surface area contributed by atoms with E-state index in [4.69, 9.17) is 5.73 Å². The summed E-state index contributed by atoms with van der Waals surface area (Å²) in [7, 11) is 1.72. The van der Waals surface area contributed by atoms with Gasteiger partial charge in [0.05, 0.1) is 17.4 Å². The van der Waals surface area contributed by atoms with E-state index < -0.39 is 0 Å². The minimum absolute atomic E-state index is 0.225. The Morgan fingerprint density at radius 3 is 2.78 bits per heavy atom. The Hall–Kier alpha value is -1.82. The quantitative estimate of drug-likeness (QED) is 0.894. The molecule has 0 fully saturated rings. The van der Waals surface area contributed by atoms with Gasteiger partial charge in [-0.2, -0.15) is 5.10 Å². The lowest BCUT2D eigenvalue weighted by Crippen LogP contribution is -2.16. The highest BCUT2D eigenvalue weighted by molar-refractivity contribution is 9.10. The topological polar surface area (TPSA) is 72.9 Å². The number of rotatable bonds is 2. The first-order valence-electron chi connectivity index (χ1n) is 5.34. The Morgan fingerprint density at radius 1 is 1.50 bits per heavy atom. The summed E-state index contributed by atoms with van der Waals surface area (Å²) >= 11 is 3.37. The van der Waals surface area contributed by atoms with Crippen molar-refractivity contribution in [3.05, 3.63) is 40.0 Å². The third kappa shape index (κ3) is 2.38. The summed E-state index contributed by atoms with van der Waals surface area (Å²) in [6.07, 6.45) is 1.50. The molecule has 0 saturated carbocycles. The van der Waals surface area contributed by atoms with Crippen molar-refractivity contribution in [2.24, 2.45) is 7.05 Å². The number of halogens is 1. The molecule has 6 heteroatoms. The molecular formula is C12H13BrN4O. The first kappa shape index (κ1) is 12.6. The Labute approximate surface area is 113 Å². The van der Waals surface area contributed by atoms with Crippen LogP contribution in [0.4, 0.5) is 11.5 Å². The molecule has 5 nitrogen and oxygen atoms in total. The molecule has 2 rings (SSSR count). The summed E-state index contributed by atoms with van der Waals surface area (Å²) in [4.78, 5) is 12.1. The number of hydrogen-bond acceptors (Lipinski definition) is 3. The number of nitrogens with zero attached hydrogens (tertiary/aromatic N) is 2. The van der Waals surface area contributed by atoms with Crippen LogP contribution in [0.1, 0.15) is 15.9 Å². The number of aromatic nitrogens is 2. The van der Waals surface area contributed by atoms with Gasteiger partial charge in [-0.3, -0.25) is 9.48 Å². The van der Waals surface area contributed by atoms with Gasteiger partial charge in [-0.15, -0.1) is 0 Å². The van der Waals surface area contributed by atoms with E-state index >= 15 is 0 Å². The van der Waals surface area contributed by atoms with Crippen molar-refractivity contribution in [2.45, 2.75) is 6.92 Å². The van der Waals surface area contributed by atoms with E-state index in [1.807, 2.05) is 19.1 Å². The first-order chi connectivity index (χ1) is 8.49. The molecule has 1 amide bonds. The van der Waals surface area contributed by atoms with Crippen LogP contribution in [0.2, 0.25) is 0 Å². The van der Waals surface area contributed by atoms with Crippen molar-refractivity contribution >= 4 is 33.3 Å². The van der Waals surface area contributed by atoms with Gasteiger partial charge in [0.1, 0.15) is 0 Å². The molecule has 3 N–H and O–H groups in total. The highest BCUT2D eigenvalue weighted by Crippen LogP contribution is 2.21. The lowest BCUT2D eigenvalue weighted by molar-refractivity contribution is 0.102. The summed E-state index contributed by atoms with van der Waals surface area (Å²) in [5, 5.41) is 6.71. The first-order valence-corrected chi connectivity index (χ1v) is 6.13. The highest BCUT2D eigenvalue weighted by atomic mass is 79.9. The van der Waals surface area contributed by atoms with Gasteiger partial charge in [0, 0.05) is 11.5 Å². The number of nitrogen functional groups attached to an aromatic ring is 1. The average Bonchev–Trinajstić information content (AvgIpc) is 2.60. The van der Waals surface area contributed by atoms with E-state index in [1.54, 1.807) is 13.1 Å². The molecule has 18 heavy (non-hydrogen) atoms. The van der Waals surface area contributed by atoms with E-state index in [-0.39, 0.29) is 5.91 Å². The SMILES string of the molecule is Cc1ccc(C(=O)Nc2c(N)cnn2C)c(Br)c1. The monoisotopic (exact) mass is 308 g/mol. The van der Waals surface area contributed by atoms with Crippen LogP contribution < -0.4 is 11.1 Å². The van der Waals surface area contributed by atoms with E-state index in [0.29, 0.717) is 17.1 Å².